The number of hydrogen-bond donors (Lipinski definition) is 2. The third kappa shape index (κ3) is 6.32. The number of carbonyl (C=O) groups is 2. The second kappa shape index (κ2) is 10.3. The van der Waals surface area contributed by atoms with Crippen molar-refractivity contribution in [3.05, 3.63) is 60.2 Å². The number of hydrogen-bond acceptors (Lipinski definition) is 5. The lowest BCUT2D eigenvalue weighted by Gasteiger charge is -2.39. The van der Waals surface area contributed by atoms with E-state index in [1.54, 1.807) is 28.6 Å². The molecule has 4 rings (SSSR count). The van der Waals surface area contributed by atoms with Gasteiger partial charge in [0.05, 0.1) is 12.3 Å². The lowest BCUT2D eigenvalue weighted by atomic mass is 9.74. The van der Waals surface area contributed by atoms with E-state index in [-0.39, 0.29) is 23.0 Å². The first-order chi connectivity index (χ1) is 17.0. The smallest absolute Gasteiger partial charge is 0.238 e. The molecule has 0 radical (unpaired) electrons. The molecule has 0 aromatic heterocycles. The molecule has 194 valence electrons. The van der Waals surface area contributed by atoms with Gasteiger partial charge in [-0.15, -0.1) is 0 Å². The minimum atomic E-state index is -3.44. The standard InChI is InChI=1S/C27H36N4O4S/c1-21(32)28-23-9-11-24(12-10-23)29-25(33)17-30-15-13-27(14-16-30)19-26(2,3)31(20-27)36(34,35)18-22-7-5-4-6-8-22/h4-12H,13-20H2,1-3H3,(H,28,32)(H,29,33). The fourth-order valence-electron chi connectivity index (χ4n) is 5.68. The van der Waals surface area contributed by atoms with Crippen LogP contribution < -0.4 is 10.6 Å². The zero-order valence-corrected chi connectivity index (χ0v) is 22.1. The summed E-state index contributed by atoms with van der Waals surface area (Å²) >= 11 is 0. The molecule has 2 aromatic carbocycles. The zero-order chi connectivity index (χ0) is 26.0. The number of nitrogens with one attached hydrogen (secondary N) is 2. The molecule has 0 aliphatic carbocycles. The van der Waals surface area contributed by atoms with E-state index in [4.69, 9.17) is 0 Å². The zero-order valence-electron chi connectivity index (χ0n) is 21.3. The Bertz CT molecular complexity index is 1190. The Morgan fingerprint density at radius 2 is 1.50 bits per heavy atom. The third-order valence-corrected chi connectivity index (χ3v) is 9.26. The van der Waals surface area contributed by atoms with E-state index in [0.29, 0.717) is 24.5 Å². The highest BCUT2D eigenvalue weighted by Crippen LogP contribution is 2.49. The minimum absolute atomic E-state index is 0.0193. The highest BCUT2D eigenvalue weighted by atomic mass is 32.2. The Morgan fingerprint density at radius 3 is 2.08 bits per heavy atom. The van der Waals surface area contributed by atoms with Crippen molar-refractivity contribution in [2.24, 2.45) is 5.41 Å². The number of rotatable bonds is 7. The van der Waals surface area contributed by atoms with Crippen molar-refractivity contribution in [2.45, 2.75) is 51.3 Å². The van der Waals surface area contributed by atoms with Crippen LogP contribution in [-0.4, -0.2) is 61.2 Å². The van der Waals surface area contributed by atoms with Gasteiger partial charge in [0.1, 0.15) is 0 Å². The van der Waals surface area contributed by atoms with Gasteiger partial charge in [0, 0.05) is 30.4 Å². The first-order valence-corrected chi connectivity index (χ1v) is 14.0. The van der Waals surface area contributed by atoms with Crippen LogP contribution in [0.25, 0.3) is 0 Å². The van der Waals surface area contributed by atoms with E-state index in [2.05, 4.69) is 15.5 Å². The molecule has 2 aliphatic heterocycles. The second-order valence-electron chi connectivity index (χ2n) is 10.8. The summed E-state index contributed by atoms with van der Waals surface area (Å²) in [5.41, 5.74) is 1.68. The SMILES string of the molecule is CC(=O)Nc1ccc(NC(=O)CN2CCC3(CC2)CN(S(=O)(=O)Cc2ccccc2)C(C)(C)C3)cc1. The highest BCUT2D eigenvalue weighted by molar-refractivity contribution is 7.88. The molecule has 2 fully saturated rings. The molecule has 8 nitrogen and oxygen atoms in total. The molecular formula is C27H36N4O4S. The number of piperidine rings is 1. The number of amides is 2. The summed E-state index contributed by atoms with van der Waals surface area (Å²) in [7, 11) is -3.44. The Kier molecular flexibility index (Phi) is 7.54. The Hall–Kier alpha value is -2.75. The Labute approximate surface area is 214 Å². The first kappa shape index (κ1) is 26.3. The summed E-state index contributed by atoms with van der Waals surface area (Å²) in [5.74, 6) is -0.208. The van der Waals surface area contributed by atoms with Crippen LogP contribution in [0.5, 0.6) is 0 Å². The largest absolute Gasteiger partial charge is 0.326 e. The van der Waals surface area contributed by atoms with Crippen LogP contribution in [0.4, 0.5) is 11.4 Å². The van der Waals surface area contributed by atoms with E-state index >= 15 is 0 Å². The van der Waals surface area contributed by atoms with Crippen molar-refractivity contribution < 1.29 is 18.0 Å². The van der Waals surface area contributed by atoms with Gasteiger partial charge in [-0.3, -0.25) is 14.5 Å². The molecule has 2 amide bonds. The van der Waals surface area contributed by atoms with Gasteiger partial charge in [-0.1, -0.05) is 30.3 Å². The molecule has 0 saturated carbocycles. The van der Waals surface area contributed by atoms with Crippen LogP contribution in [0, 0.1) is 5.41 Å². The van der Waals surface area contributed by atoms with Gasteiger partial charge < -0.3 is 10.6 Å². The number of nitrogens with zero attached hydrogens (tertiary/aromatic N) is 2. The van der Waals surface area contributed by atoms with Gasteiger partial charge in [0.25, 0.3) is 0 Å². The first-order valence-electron chi connectivity index (χ1n) is 12.4. The normalized spacial score (nSPS) is 19.8. The van der Waals surface area contributed by atoms with Crippen LogP contribution in [0.1, 0.15) is 45.6 Å². The molecule has 9 heteroatoms. The van der Waals surface area contributed by atoms with Crippen LogP contribution in [0.15, 0.2) is 54.6 Å². The molecule has 0 bridgehead atoms. The summed E-state index contributed by atoms with van der Waals surface area (Å²) in [6.45, 7) is 7.86. The molecular weight excluding hydrogens is 476 g/mol. The summed E-state index contributed by atoms with van der Waals surface area (Å²) in [6.07, 6.45) is 2.56. The van der Waals surface area contributed by atoms with E-state index in [9.17, 15) is 18.0 Å². The molecule has 2 aliphatic rings. The number of carbonyl (C=O) groups excluding carboxylic acids is 2. The Balaban J connectivity index is 1.31. The number of likely N-dealkylation sites (tertiary alicyclic amines) is 1. The third-order valence-electron chi connectivity index (χ3n) is 7.26. The summed E-state index contributed by atoms with van der Waals surface area (Å²) in [4.78, 5) is 25.9. The van der Waals surface area contributed by atoms with Crippen LogP contribution in [0.3, 0.4) is 0 Å². The van der Waals surface area contributed by atoms with Crippen LogP contribution in [-0.2, 0) is 25.4 Å². The maximum absolute atomic E-state index is 13.3. The van der Waals surface area contributed by atoms with E-state index in [0.717, 1.165) is 37.9 Å². The van der Waals surface area contributed by atoms with E-state index in [1.165, 1.54) is 6.92 Å². The summed E-state index contributed by atoms with van der Waals surface area (Å²) in [6, 6.07) is 16.4. The maximum atomic E-state index is 13.3. The van der Waals surface area contributed by atoms with Crippen LogP contribution in [0.2, 0.25) is 0 Å². The predicted octanol–water partition coefficient (Wildman–Crippen LogP) is 3.68. The molecule has 1 spiro atoms. The van der Waals surface area contributed by atoms with Crippen molar-refractivity contribution >= 4 is 33.2 Å². The van der Waals surface area contributed by atoms with Gasteiger partial charge in [-0.2, -0.15) is 4.31 Å². The topological polar surface area (TPSA) is 98.8 Å². The molecule has 0 unspecified atom stereocenters. The quantitative estimate of drug-likeness (QED) is 0.590. The van der Waals surface area contributed by atoms with Crippen LogP contribution >= 0.6 is 0 Å². The number of benzene rings is 2. The van der Waals surface area contributed by atoms with Crippen molar-refractivity contribution in [2.75, 3.05) is 36.8 Å². The maximum Gasteiger partial charge on any atom is 0.238 e. The van der Waals surface area contributed by atoms with Crippen molar-refractivity contribution in [1.29, 1.82) is 0 Å². The van der Waals surface area contributed by atoms with Gasteiger partial charge in [-0.25, -0.2) is 8.42 Å². The number of anilines is 2. The highest BCUT2D eigenvalue weighted by Gasteiger charge is 2.53. The average molecular weight is 513 g/mol. The number of sulfonamides is 1. The lowest BCUT2D eigenvalue weighted by Crippen LogP contribution is -2.45. The van der Waals surface area contributed by atoms with E-state index < -0.39 is 15.6 Å². The van der Waals surface area contributed by atoms with Gasteiger partial charge in [0.2, 0.25) is 21.8 Å². The van der Waals surface area contributed by atoms with Crippen molar-refractivity contribution in [3.8, 4) is 0 Å². The minimum Gasteiger partial charge on any atom is -0.326 e. The van der Waals surface area contributed by atoms with Gasteiger partial charge in [0.15, 0.2) is 0 Å². The van der Waals surface area contributed by atoms with Gasteiger partial charge >= 0.3 is 0 Å². The molecule has 2 heterocycles. The molecule has 2 N–H and O–H groups in total. The fourth-order valence-corrected chi connectivity index (χ4v) is 7.74. The van der Waals surface area contributed by atoms with E-state index in [1.807, 2.05) is 44.2 Å². The lowest BCUT2D eigenvalue weighted by molar-refractivity contribution is -0.118. The van der Waals surface area contributed by atoms with Crippen molar-refractivity contribution in [1.82, 2.24) is 9.21 Å². The molecule has 2 aromatic rings. The monoisotopic (exact) mass is 512 g/mol. The molecule has 0 atom stereocenters. The molecule has 2 saturated heterocycles. The fraction of sp³-hybridized carbons (Fsp3) is 0.481. The second-order valence-corrected chi connectivity index (χ2v) is 12.7. The van der Waals surface area contributed by atoms with Crippen molar-refractivity contribution in [3.63, 3.8) is 0 Å². The Morgan fingerprint density at radius 1 is 0.917 bits per heavy atom. The van der Waals surface area contributed by atoms with Gasteiger partial charge in [-0.05, 0) is 81.4 Å². The predicted molar refractivity (Wildman–Crippen MR) is 142 cm³/mol. The average Bonchev–Trinajstić information content (AvgIpc) is 3.08. The summed E-state index contributed by atoms with van der Waals surface area (Å²) in [5, 5.41) is 5.62. The summed E-state index contributed by atoms with van der Waals surface area (Å²) < 4.78 is 28.4. The molecule has 36 heavy (non-hydrogen) atoms.